The number of ketones is 2. The Morgan fingerprint density at radius 3 is 1.91 bits per heavy atom. The molecule has 182 valence electrons. The fourth-order valence-electron chi connectivity index (χ4n) is 3.72. The zero-order valence-electron chi connectivity index (χ0n) is 21.0. The van der Waals surface area contributed by atoms with Crippen LogP contribution in [0.5, 0.6) is 0 Å². The van der Waals surface area contributed by atoms with Gasteiger partial charge in [-0.1, -0.05) is 74.7 Å². The molecule has 0 amide bonds. The molecular formula is C31H35NO2S. The summed E-state index contributed by atoms with van der Waals surface area (Å²) >= 11 is 1.66. The van der Waals surface area contributed by atoms with E-state index in [1.165, 1.54) is 19.3 Å². The molecule has 3 aromatic carbocycles. The van der Waals surface area contributed by atoms with Crippen molar-refractivity contribution in [2.45, 2.75) is 55.2 Å². The van der Waals surface area contributed by atoms with Crippen LogP contribution in [0.4, 0.5) is 5.69 Å². The Balaban J connectivity index is 1.50. The van der Waals surface area contributed by atoms with Gasteiger partial charge in [-0.25, -0.2) is 0 Å². The highest BCUT2D eigenvalue weighted by atomic mass is 32.2. The van der Waals surface area contributed by atoms with Crippen molar-refractivity contribution in [3.8, 4) is 0 Å². The lowest BCUT2D eigenvalue weighted by Crippen LogP contribution is -2.08. The Kier molecular flexibility index (Phi) is 10.4. The van der Waals surface area contributed by atoms with Crippen molar-refractivity contribution in [2.24, 2.45) is 0 Å². The van der Waals surface area contributed by atoms with Crippen molar-refractivity contribution >= 4 is 35.1 Å². The second-order valence-corrected chi connectivity index (χ2v) is 10.1. The van der Waals surface area contributed by atoms with Crippen LogP contribution < -0.4 is 4.90 Å². The molecule has 0 saturated carbocycles. The van der Waals surface area contributed by atoms with Gasteiger partial charge in [-0.05, 0) is 66.6 Å². The Labute approximate surface area is 214 Å². The van der Waals surface area contributed by atoms with E-state index in [-0.39, 0.29) is 11.6 Å². The highest BCUT2D eigenvalue weighted by Gasteiger charge is 2.07. The quantitative estimate of drug-likeness (QED) is 0.138. The largest absolute Gasteiger partial charge is 0.378 e. The molecule has 0 atom stereocenters. The standard InChI is InChI=1S/C31H35NO2S/c1-4-5-6-7-8-9-30(33)26-15-21-29(22-16-26)35-28-19-10-24(11-20-28)12-23-31(34)25-13-17-27(18-14-25)32(2)3/h10-23H,4-9H2,1-3H3. The van der Waals surface area contributed by atoms with Crippen molar-refractivity contribution in [3.63, 3.8) is 0 Å². The molecule has 4 heteroatoms. The topological polar surface area (TPSA) is 37.4 Å². The fourth-order valence-corrected chi connectivity index (χ4v) is 4.53. The van der Waals surface area contributed by atoms with Crippen molar-refractivity contribution in [1.29, 1.82) is 0 Å². The molecule has 0 aliphatic carbocycles. The van der Waals surface area contributed by atoms with E-state index in [0.717, 1.165) is 39.4 Å². The fraction of sp³-hybridized carbons (Fsp3) is 0.290. The molecule has 0 aliphatic heterocycles. The molecule has 0 heterocycles. The second-order valence-electron chi connectivity index (χ2n) is 8.92. The number of Topliss-reactive ketones (excluding diaryl/α,β-unsaturated/α-hetero) is 1. The van der Waals surface area contributed by atoms with E-state index in [9.17, 15) is 9.59 Å². The van der Waals surface area contributed by atoms with E-state index in [0.29, 0.717) is 12.0 Å². The van der Waals surface area contributed by atoms with Crippen LogP contribution in [0.15, 0.2) is 88.7 Å². The van der Waals surface area contributed by atoms with Crippen LogP contribution in [-0.2, 0) is 0 Å². The zero-order valence-corrected chi connectivity index (χ0v) is 21.8. The Morgan fingerprint density at radius 2 is 1.31 bits per heavy atom. The van der Waals surface area contributed by atoms with Gasteiger partial charge in [-0.3, -0.25) is 9.59 Å². The van der Waals surface area contributed by atoms with Gasteiger partial charge in [0.15, 0.2) is 11.6 Å². The molecule has 0 N–H and O–H groups in total. The van der Waals surface area contributed by atoms with Gasteiger partial charge in [0.25, 0.3) is 0 Å². The van der Waals surface area contributed by atoms with Gasteiger partial charge in [0.05, 0.1) is 0 Å². The van der Waals surface area contributed by atoms with Crippen molar-refractivity contribution in [3.05, 3.63) is 95.6 Å². The first-order chi connectivity index (χ1) is 17.0. The van der Waals surface area contributed by atoms with E-state index in [2.05, 4.69) is 19.1 Å². The number of anilines is 1. The molecule has 0 aliphatic rings. The Bertz CT molecular complexity index is 1110. The van der Waals surface area contributed by atoms with Gasteiger partial charge in [-0.15, -0.1) is 0 Å². The summed E-state index contributed by atoms with van der Waals surface area (Å²) in [5, 5.41) is 0. The summed E-state index contributed by atoms with van der Waals surface area (Å²) in [4.78, 5) is 29.1. The van der Waals surface area contributed by atoms with Crippen LogP contribution in [0, 0.1) is 0 Å². The molecule has 0 unspecified atom stereocenters. The molecule has 0 radical (unpaired) electrons. The van der Waals surface area contributed by atoms with Gasteiger partial charge >= 0.3 is 0 Å². The van der Waals surface area contributed by atoms with E-state index < -0.39 is 0 Å². The van der Waals surface area contributed by atoms with Gasteiger partial charge in [0, 0.05) is 47.1 Å². The molecule has 3 nitrogen and oxygen atoms in total. The summed E-state index contributed by atoms with van der Waals surface area (Å²) in [7, 11) is 3.96. The number of benzene rings is 3. The third-order valence-electron chi connectivity index (χ3n) is 5.89. The van der Waals surface area contributed by atoms with Crippen LogP contribution in [0.1, 0.15) is 71.7 Å². The minimum Gasteiger partial charge on any atom is -0.378 e. The molecule has 0 spiro atoms. The first-order valence-corrected chi connectivity index (χ1v) is 13.2. The summed E-state index contributed by atoms with van der Waals surface area (Å²) in [5.41, 5.74) is 3.52. The lowest BCUT2D eigenvalue weighted by Gasteiger charge is -2.11. The summed E-state index contributed by atoms with van der Waals surface area (Å²) in [6, 6.07) is 23.6. The molecule has 0 fully saturated rings. The van der Waals surface area contributed by atoms with E-state index >= 15 is 0 Å². The number of allylic oxidation sites excluding steroid dienone is 1. The zero-order chi connectivity index (χ0) is 25.0. The minimum absolute atomic E-state index is 0.00986. The normalized spacial score (nSPS) is 11.1. The van der Waals surface area contributed by atoms with Gasteiger partial charge in [0.2, 0.25) is 0 Å². The number of carbonyl (C=O) groups is 2. The molecule has 3 rings (SSSR count). The molecule has 0 bridgehead atoms. The van der Waals surface area contributed by atoms with Crippen LogP contribution >= 0.6 is 11.8 Å². The van der Waals surface area contributed by atoms with Crippen LogP contribution in [-0.4, -0.2) is 25.7 Å². The van der Waals surface area contributed by atoms with Crippen molar-refractivity contribution < 1.29 is 9.59 Å². The maximum absolute atomic E-state index is 12.5. The molecule has 3 aromatic rings. The third kappa shape index (κ3) is 8.56. The molecular weight excluding hydrogens is 450 g/mol. The SMILES string of the molecule is CCCCCCCC(=O)c1ccc(Sc2ccc(C=CC(=O)c3ccc(N(C)C)cc3)cc2)cc1. The van der Waals surface area contributed by atoms with Crippen LogP contribution in [0.25, 0.3) is 6.08 Å². The van der Waals surface area contributed by atoms with Crippen LogP contribution in [0.2, 0.25) is 0 Å². The predicted octanol–water partition coefficient (Wildman–Crippen LogP) is 8.34. The summed E-state index contributed by atoms with van der Waals surface area (Å²) < 4.78 is 0. The van der Waals surface area contributed by atoms with E-state index in [1.54, 1.807) is 17.8 Å². The highest BCUT2D eigenvalue weighted by molar-refractivity contribution is 7.99. The van der Waals surface area contributed by atoms with Crippen molar-refractivity contribution in [1.82, 2.24) is 0 Å². The van der Waals surface area contributed by atoms with E-state index in [1.807, 2.05) is 85.7 Å². The van der Waals surface area contributed by atoms with Gasteiger partial charge < -0.3 is 4.90 Å². The number of carbonyl (C=O) groups excluding carboxylic acids is 2. The first-order valence-electron chi connectivity index (χ1n) is 12.4. The number of hydrogen-bond acceptors (Lipinski definition) is 4. The van der Waals surface area contributed by atoms with E-state index in [4.69, 9.17) is 0 Å². The lowest BCUT2D eigenvalue weighted by molar-refractivity contribution is 0.0978. The number of hydrogen-bond donors (Lipinski definition) is 0. The summed E-state index contributed by atoms with van der Waals surface area (Å²) in [6.07, 6.45) is 9.90. The average Bonchev–Trinajstić information content (AvgIpc) is 2.88. The minimum atomic E-state index is -0.00986. The van der Waals surface area contributed by atoms with Crippen LogP contribution in [0.3, 0.4) is 0 Å². The maximum Gasteiger partial charge on any atom is 0.185 e. The lowest BCUT2D eigenvalue weighted by atomic mass is 10.0. The molecule has 35 heavy (non-hydrogen) atoms. The third-order valence-corrected chi connectivity index (χ3v) is 6.91. The number of nitrogens with zero attached hydrogens (tertiary/aromatic N) is 1. The predicted molar refractivity (Wildman–Crippen MR) is 149 cm³/mol. The second kappa shape index (κ2) is 13.7. The van der Waals surface area contributed by atoms with Gasteiger partial charge in [0.1, 0.15) is 0 Å². The molecule has 0 aromatic heterocycles. The highest BCUT2D eigenvalue weighted by Crippen LogP contribution is 2.28. The van der Waals surface area contributed by atoms with Crippen molar-refractivity contribution in [2.75, 3.05) is 19.0 Å². The Morgan fingerprint density at radius 1 is 0.743 bits per heavy atom. The maximum atomic E-state index is 12.5. The monoisotopic (exact) mass is 485 g/mol. The summed E-state index contributed by atoms with van der Waals surface area (Å²) in [5.74, 6) is 0.224. The smallest absolute Gasteiger partial charge is 0.185 e. The average molecular weight is 486 g/mol. The number of rotatable bonds is 13. The Hall–Kier alpha value is -3.11. The number of unbranched alkanes of at least 4 members (excludes halogenated alkanes) is 4. The first kappa shape index (κ1) is 26.5. The molecule has 0 saturated heterocycles. The van der Waals surface area contributed by atoms with Gasteiger partial charge in [-0.2, -0.15) is 0 Å². The summed E-state index contributed by atoms with van der Waals surface area (Å²) in [6.45, 7) is 2.20.